The van der Waals surface area contributed by atoms with Crippen LogP contribution in [0.1, 0.15) is 55.6 Å². The van der Waals surface area contributed by atoms with Crippen LogP contribution in [0.4, 0.5) is 0 Å². The second kappa shape index (κ2) is 6.19. The number of rotatable bonds is 5. The zero-order chi connectivity index (χ0) is 18.4. The minimum absolute atomic E-state index is 0.0322. The van der Waals surface area contributed by atoms with Crippen molar-refractivity contribution in [3.63, 3.8) is 0 Å². The Balaban J connectivity index is 1.98. The van der Waals surface area contributed by atoms with E-state index >= 15 is 0 Å². The summed E-state index contributed by atoms with van der Waals surface area (Å²) in [6, 6.07) is 1.04. The molecule has 0 fully saturated rings. The Bertz CT molecular complexity index is 1020. The lowest BCUT2D eigenvalue weighted by Gasteiger charge is -2.13. The number of aromatic nitrogens is 4. The van der Waals surface area contributed by atoms with Gasteiger partial charge in [-0.1, -0.05) is 25.1 Å². The molecule has 3 rings (SSSR count). The molecule has 1 atom stereocenters. The van der Waals surface area contributed by atoms with Crippen LogP contribution in [0.25, 0.3) is 11.0 Å². The number of nitrogens with zero attached hydrogens (tertiary/aromatic N) is 4. The Labute approximate surface area is 144 Å². The van der Waals surface area contributed by atoms with Crippen molar-refractivity contribution < 1.29 is 17.6 Å². The molecule has 25 heavy (non-hydrogen) atoms. The Kier molecular flexibility index (Phi) is 4.33. The third-order valence-corrected chi connectivity index (χ3v) is 5.53. The average Bonchev–Trinajstić information content (AvgIpc) is 3.15. The normalized spacial score (nSPS) is 13.7. The highest BCUT2D eigenvalue weighted by molar-refractivity contribution is 7.89. The predicted molar refractivity (Wildman–Crippen MR) is 88.4 cm³/mol. The number of fused-ring (bicyclic) bond motifs is 1. The topological polar surface area (TPSA) is 124 Å². The van der Waals surface area contributed by atoms with Gasteiger partial charge in [-0.3, -0.25) is 0 Å². The summed E-state index contributed by atoms with van der Waals surface area (Å²) in [6.07, 6.45) is 0. The molecular formula is C15H19N5O4S. The predicted octanol–water partition coefficient (Wildman–Crippen LogP) is 2.39. The van der Waals surface area contributed by atoms with Crippen molar-refractivity contribution in [2.45, 2.75) is 51.5 Å². The van der Waals surface area contributed by atoms with Gasteiger partial charge in [0, 0.05) is 5.92 Å². The van der Waals surface area contributed by atoms with E-state index < -0.39 is 16.1 Å². The van der Waals surface area contributed by atoms with Crippen LogP contribution in [-0.2, 0) is 10.0 Å². The van der Waals surface area contributed by atoms with E-state index in [2.05, 4.69) is 25.2 Å². The molecule has 0 aliphatic rings. The summed E-state index contributed by atoms with van der Waals surface area (Å²) in [6.45, 7) is 9.00. The summed E-state index contributed by atoms with van der Waals surface area (Å²) in [4.78, 5) is 4.26. The standard InChI is InChI=1S/C15H19N5O4S/c1-7(2)14-16-15(23-19-14)10(5)20-25(21,22)13-9(4)6-8(3)11-12(13)18-24-17-11/h6-7,10,20H,1-5H3. The lowest BCUT2D eigenvalue weighted by molar-refractivity contribution is 0.315. The van der Waals surface area contributed by atoms with Crippen molar-refractivity contribution in [2.24, 2.45) is 0 Å². The first kappa shape index (κ1) is 17.5. The number of hydrogen-bond donors (Lipinski definition) is 1. The fourth-order valence-corrected chi connectivity index (χ4v) is 4.14. The maximum atomic E-state index is 12.9. The number of benzene rings is 1. The molecule has 0 aliphatic heterocycles. The van der Waals surface area contributed by atoms with E-state index in [4.69, 9.17) is 9.15 Å². The van der Waals surface area contributed by atoms with Crippen molar-refractivity contribution in [3.05, 3.63) is 28.9 Å². The smallest absolute Gasteiger partial charge is 0.244 e. The van der Waals surface area contributed by atoms with Crippen molar-refractivity contribution in [1.29, 1.82) is 0 Å². The van der Waals surface area contributed by atoms with Gasteiger partial charge in [-0.05, 0) is 42.2 Å². The van der Waals surface area contributed by atoms with Gasteiger partial charge in [0.2, 0.25) is 15.9 Å². The zero-order valence-corrected chi connectivity index (χ0v) is 15.4. The van der Waals surface area contributed by atoms with Gasteiger partial charge in [0.25, 0.3) is 0 Å². The molecule has 0 bridgehead atoms. The molecule has 0 aliphatic carbocycles. The lowest BCUT2D eigenvalue weighted by atomic mass is 10.1. The molecule has 0 radical (unpaired) electrons. The fraction of sp³-hybridized carbons (Fsp3) is 0.467. The summed E-state index contributed by atoms with van der Waals surface area (Å²) >= 11 is 0. The summed E-state index contributed by atoms with van der Waals surface area (Å²) in [5, 5.41) is 11.4. The Morgan fingerprint density at radius 2 is 1.72 bits per heavy atom. The Morgan fingerprint density at radius 1 is 1.04 bits per heavy atom. The summed E-state index contributed by atoms with van der Waals surface area (Å²) < 4.78 is 38.2. The molecule has 1 unspecified atom stereocenters. The summed E-state index contributed by atoms with van der Waals surface area (Å²) in [5.74, 6) is 0.809. The fourth-order valence-electron chi connectivity index (χ4n) is 2.58. The quantitative estimate of drug-likeness (QED) is 0.731. The molecule has 134 valence electrons. The van der Waals surface area contributed by atoms with Gasteiger partial charge in [0.05, 0.1) is 6.04 Å². The van der Waals surface area contributed by atoms with Gasteiger partial charge < -0.3 is 4.52 Å². The second-order valence-corrected chi connectivity index (χ2v) is 7.94. The first-order valence-corrected chi connectivity index (χ1v) is 9.27. The van der Waals surface area contributed by atoms with E-state index in [9.17, 15) is 8.42 Å². The summed E-state index contributed by atoms with van der Waals surface area (Å²) in [7, 11) is -3.90. The van der Waals surface area contributed by atoms with Gasteiger partial charge in [-0.15, -0.1) is 0 Å². The van der Waals surface area contributed by atoms with E-state index in [0.29, 0.717) is 16.9 Å². The van der Waals surface area contributed by atoms with Gasteiger partial charge in [-0.25, -0.2) is 13.0 Å². The molecule has 9 nitrogen and oxygen atoms in total. The van der Waals surface area contributed by atoms with Gasteiger partial charge in [0.15, 0.2) is 11.3 Å². The third-order valence-electron chi connectivity index (χ3n) is 3.81. The Morgan fingerprint density at radius 3 is 2.36 bits per heavy atom. The monoisotopic (exact) mass is 365 g/mol. The molecule has 0 saturated heterocycles. The highest BCUT2D eigenvalue weighted by atomic mass is 32.2. The first-order valence-electron chi connectivity index (χ1n) is 7.79. The van der Waals surface area contributed by atoms with Crippen LogP contribution in [0.3, 0.4) is 0 Å². The minimum Gasteiger partial charge on any atom is -0.338 e. The van der Waals surface area contributed by atoms with E-state index in [1.54, 1.807) is 19.9 Å². The van der Waals surface area contributed by atoms with Crippen LogP contribution >= 0.6 is 0 Å². The van der Waals surface area contributed by atoms with Crippen molar-refractivity contribution in [2.75, 3.05) is 0 Å². The van der Waals surface area contributed by atoms with E-state index in [-0.39, 0.29) is 22.2 Å². The van der Waals surface area contributed by atoms with E-state index in [0.717, 1.165) is 5.56 Å². The third kappa shape index (κ3) is 3.14. The zero-order valence-electron chi connectivity index (χ0n) is 14.6. The average molecular weight is 365 g/mol. The number of sulfonamides is 1. The van der Waals surface area contributed by atoms with Crippen LogP contribution in [0.15, 0.2) is 20.1 Å². The maximum Gasteiger partial charge on any atom is 0.244 e. The van der Waals surface area contributed by atoms with Crippen LogP contribution in [0.2, 0.25) is 0 Å². The minimum atomic E-state index is -3.90. The number of hydrogen-bond acceptors (Lipinski definition) is 8. The van der Waals surface area contributed by atoms with E-state index in [1.165, 1.54) is 0 Å². The van der Waals surface area contributed by atoms with Crippen LogP contribution < -0.4 is 4.72 Å². The van der Waals surface area contributed by atoms with Crippen molar-refractivity contribution >= 4 is 21.1 Å². The van der Waals surface area contributed by atoms with Crippen LogP contribution in [0.5, 0.6) is 0 Å². The van der Waals surface area contributed by atoms with Gasteiger partial charge >= 0.3 is 0 Å². The van der Waals surface area contributed by atoms with E-state index in [1.807, 2.05) is 20.8 Å². The highest BCUT2D eigenvalue weighted by Crippen LogP contribution is 2.28. The molecule has 1 aromatic carbocycles. The van der Waals surface area contributed by atoms with Crippen LogP contribution in [0, 0.1) is 13.8 Å². The molecule has 3 aromatic rings. The first-order chi connectivity index (χ1) is 11.7. The van der Waals surface area contributed by atoms with Crippen LogP contribution in [-0.4, -0.2) is 28.9 Å². The molecule has 0 amide bonds. The summed E-state index contributed by atoms with van der Waals surface area (Å²) in [5.41, 5.74) is 1.96. The molecule has 0 saturated carbocycles. The maximum absolute atomic E-state index is 12.9. The lowest BCUT2D eigenvalue weighted by Crippen LogP contribution is -2.28. The second-order valence-electron chi connectivity index (χ2n) is 6.29. The SMILES string of the molecule is Cc1cc(C)c2nonc2c1S(=O)(=O)NC(C)c1nc(C(C)C)no1. The van der Waals surface area contributed by atoms with Gasteiger partial charge in [-0.2, -0.15) is 9.71 Å². The molecule has 1 N–H and O–H groups in total. The molecular weight excluding hydrogens is 346 g/mol. The number of aryl methyl sites for hydroxylation is 2. The number of nitrogens with one attached hydrogen (secondary N) is 1. The highest BCUT2D eigenvalue weighted by Gasteiger charge is 2.28. The molecule has 2 heterocycles. The largest absolute Gasteiger partial charge is 0.338 e. The molecule has 2 aromatic heterocycles. The molecule has 10 heteroatoms. The Hall–Kier alpha value is -2.33. The van der Waals surface area contributed by atoms with Crippen molar-refractivity contribution in [3.8, 4) is 0 Å². The molecule has 0 spiro atoms. The van der Waals surface area contributed by atoms with Crippen molar-refractivity contribution in [1.82, 2.24) is 25.2 Å². The van der Waals surface area contributed by atoms with Gasteiger partial charge in [0.1, 0.15) is 10.4 Å².